The van der Waals surface area contributed by atoms with E-state index in [-0.39, 0.29) is 23.3 Å². The Balaban J connectivity index is 1.84. The molecule has 1 aliphatic heterocycles. The Morgan fingerprint density at radius 2 is 2.00 bits per heavy atom. The van der Waals surface area contributed by atoms with Gasteiger partial charge in [0.25, 0.3) is 5.91 Å². The fourth-order valence-corrected chi connectivity index (χ4v) is 2.10. The summed E-state index contributed by atoms with van der Waals surface area (Å²) in [7, 11) is 0. The standard InChI is InChI=1S/C12H15ClN4O2/c13-10-7-14-6-9(16-10)12(19)15-8-11(18)17-4-2-1-3-5-17/h6-7H,1-5,8H2,(H,15,19). The normalized spacial score (nSPS) is 15.1. The van der Waals surface area contributed by atoms with Crippen molar-refractivity contribution >= 4 is 23.4 Å². The van der Waals surface area contributed by atoms with Crippen LogP contribution in [0.15, 0.2) is 12.4 Å². The van der Waals surface area contributed by atoms with Crippen LogP contribution >= 0.6 is 11.6 Å². The van der Waals surface area contributed by atoms with Gasteiger partial charge >= 0.3 is 0 Å². The molecular formula is C12H15ClN4O2. The van der Waals surface area contributed by atoms with E-state index in [4.69, 9.17) is 11.6 Å². The molecule has 0 atom stereocenters. The van der Waals surface area contributed by atoms with Crippen molar-refractivity contribution in [2.45, 2.75) is 19.3 Å². The third kappa shape index (κ3) is 3.89. The van der Waals surface area contributed by atoms with Crippen LogP contribution in [0.2, 0.25) is 5.15 Å². The highest BCUT2D eigenvalue weighted by molar-refractivity contribution is 6.29. The third-order valence-electron chi connectivity index (χ3n) is 2.95. The molecule has 1 aromatic rings. The zero-order valence-electron chi connectivity index (χ0n) is 10.4. The first-order valence-corrected chi connectivity index (χ1v) is 6.58. The van der Waals surface area contributed by atoms with Gasteiger partial charge in [-0.1, -0.05) is 11.6 Å². The van der Waals surface area contributed by atoms with Gasteiger partial charge in [-0.15, -0.1) is 0 Å². The molecule has 6 nitrogen and oxygen atoms in total. The van der Waals surface area contributed by atoms with Crippen LogP contribution < -0.4 is 5.32 Å². The summed E-state index contributed by atoms with van der Waals surface area (Å²) in [6, 6.07) is 0. The van der Waals surface area contributed by atoms with E-state index in [0.717, 1.165) is 32.4 Å². The fraction of sp³-hybridized carbons (Fsp3) is 0.500. The van der Waals surface area contributed by atoms with Crippen LogP contribution in [0.5, 0.6) is 0 Å². The van der Waals surface area contributed by atoms with Crippen LogP contribution in [0.3, 0.4) is 0 Å². The number of hydrogen-bond donors (Lipinski definition) is 1. The van der Waals surface area contributed by atoms with Gasteiger partial charge in [-0.05, 0) is 19.3 Å². The second kappa shape index (κ2) is 6.47. The molecule has 7 heteroatoms. The number of carbonyl (C=O) groups is 2. The number of nitrogens with zero attached hydrogens (tertiary/aromatic N) is 3. The summed E-state index contributed by atoms with van der Waals surface area (Å²) >= 11 is 5.64. The van der Waals surface area contributed by atoms with Gasteiger partial charge in [0.1, 0.15) is 10.8 Å². The van der Waals surface area contributed by atoms with Crippen LogP contribution in [0.25, 0.3) is 0 Å². The summed E-state index contributed by atoms with van der Waals surface area (Å²) in [6.07, 6.45) is 5.87. The molecule has 0 bridgehead atoms. The highest BCUT2D eigenvalue weighted by atomic mass is 35.5. The monoisotopic (exact) mass is 282 g/mol. The molecule has 19 heavy (non-hydrogen) atoms. The molecule has 2 heterocycles. The fourth-order valence-electron chi connectivity index (χ4n) is 1.95. The van der Waals surface area contributed by atoms with Crippen LogP contribution in [0.1, 0.15) is 29.8 Å². The van der Waals surface area contributed by atoms with Crippen molar-refractivity contribution in [3.8, 4) is 0 Å². The van der Waals surface area contributed by atoms with Gasteiger partial charge in [0.2, 0.25) is 5.91 Å². The quantitative estimate of drug-likeness (QED) is 0.893. The Labute approximate surface area is 116 Å². The number of carbonyl (C=O) groups excluding carboxylic acids is 2. The van der Waals surface area contributed by atoms with E-state index in [1.807, 2.05) is 0 Å². The van der Waals surface area contributed by atoms with Crippen molar-refractivity contribution in [3.05, 3.63) is 23.2 Å². The number of aromatic nitrogens is 2. The van der Waals surface area contributed by atoms with Crippen LogP contribution in [-0.2, 0) is 4.79 Å². The van der Waals surface area contributed by atoms with Gasteiger partial charge in [0.15, 0.2) is 0 Å². The number of likely N-dealkylation sites (tertiary alicyclic amines) is 1. The molecule has 2 rings (SSSR count). The molecule has 1 N–H and O–H groups in total. The minimum Gasteiger partial charge on any atom is -0.342 e. The van der Waals surface area contributed by atoms with Crippen molar-refractivity contribution in [2.24, 2.45) is 0 Å². The molecule has 0 unspecified atom stereocenters. The van der Waals surface area contributed by atoms with Gasteiger partial charge in [-0.25, -0.2) is 4.98 Å². The van der Waals surface area contributed by atoms with Gasteiger partial charge in [-0.2, -0.15) is 0 Å². The highest BCUT2D eigenvalue weighted by Crippen LogP contribution is 2.08. The molecule has 1 saturated heterocycles. The van der Waals surface area contributed by atoms with Gasteiger partial charge < -0.3 is 10.2 Å². The van der Waals surface area contributed by atoms with Crippen molar-refractivity contribution in [3.63, 3.8) is 0 Å². The second-order valence-electron chi connectivity index (χ2n) is 4.35. The first-order valence-electron chi connectivity index (χ1n) is 6.20. The molecule has 1 aromatic heterocycles. The summed E-state index contributed by atoms with van der Waals surface area (Å²) in [5, 5.41) is 2.68. The average molecular weight is 283 g/mol. The Morgan fingerprint density at radius 3 is 2.68 bits per heavy atom. The summed E-state index contributed by atoms with van der Waals surface area (Å²) < 4.78 is 0. The Kier molecular flexibility index (Phi) is 4.68. The maximum Gasteiger partial charge on any atom is 0.271 e. The number of nitrogens with one attached hydrogen (secondary N) is 1. The zero-order chi connectivity index (χ0) is 13.7. The third-order valence-corrected chi connectivity index (χ3v) is 3.13. The lowest BCUT2D eigenvalue weighted by molar-refractivity contribution is -0.130. The van der Waals surface area contributed by atoms with E-state index in [2.05, 4.69) is 15.3 Å². The first-order chi connectivity index (χ1) is 9.16. The first kappa shape index (κ1) is 13.7. The number of hydrogen-bond acceptors (Lipinski definition) is 4. The predicted octanol–water partition coefficient (Wildman–Crippen LogP) is 0.872. The van der Waals surface area contributed by atoms with E-state index in [1.165, 1.54) is 12.4 Å². The Bertz CT molecular complexity index is 475. The summed E-state index contributed by atoms with van der Waals surface area (Å²) in [4.78, 5) is 33.0. The van der Waals surface area contributed by atoms with Crippen LogP contribution in [0, 0.1) is 0 Å². The molecular weight excluding hydrogens is 268 g/mol. The molecule has 102 valence electrons. The molecule has 0 aromatic carbocycles. The summed E-state index contributed by atoms with van der Waals surface area (Å²) in [5.74, 6) is -0.511. The maximum atomic E-state index is 11.8. The Morgan fingerprint density at radius 1 is 1.26 bits per heavy atom. The van der Waals surface area contributed by atoms with Crippen molar-refractivity contribution in [2.75, 3.05) is 19.6 Å². The molecule has 2 amide bonds. The Hall–Kier alpha value is -1.69. The minimum absolute atomic E-state index is 0.0208. The lowest BCUT2D eigenvalue weighted by Crippen LogP contribution is -2.42. The number of halogens is 1. The van der Waals surface area contributed by atoms with Crippen LogP contribution in [0.4, 0.5) is 0 Å². The van der Waals surface area contributed by atoms with E-state index in [1.54, 1.807) is 4.90 Å². The lowest BCUT2D eigenvalue weighted by Gasteiger charge is -2.26. The summed E-state index contributed by atoms with van der Waals surface area (Å²) in [6.45, 7) is 1.52. The van der Waals surface area contributed by atoms with Crippen molar-refractivity contribution in [1.82, 2.24) is 20.2 Å². The van der Waals surface area contributed by atoms with Crippen molar-refractivity contribution in [1.29, 1.82) is 0 Å². The molecule has 0 spiro atoms. The van der Waals surface area contributed by atoms with Gasteiger partial charge in [0, 0.05) is 13.1 Å². The largest absolute Gasteiger partial charge is 0.342 e. The number of piperidine rings is 1. The molecule has 0 radical (unpaired) electrons. The lowest BCUT2D eigenvalue weighted by atomic mass is 10.1. The van der Waals surface area contributed by atoms with Gasteiger partial charge in [0.05, 0.1) is 18.9 Å². The number of amides is 2. The van der Waals surface area contributed by atoms with E-state index in [9.17, 15) is 9.59 Å². The van der Waals surface area contributed by atoms with Gasteiger partial charge in [-0.3, -0.25) is 14.6 Å². The predicted molar refractivity (Wildman–Crippen MR) is 69.8 cm³/mol. The molecule has 0 aliphatic carbocycles. The smallest absolute Gasteiger partial charge is 0.271 e. The van der Waals surface area contributed by atoms with Crippen LogP contribution in [-0.4, -0.2) is 46.3 Å². The minimum atomic E-state index is -0.444. The number of rotatable bonds is 3. The SMILES string of the molecule is O=C(NCC(=O)N1CCCCC1)c1cncc(Cl)n1. The van der Waals surface area contributed by atoms with E-state index >= 15 is 0 Å². The topological polar surface area (TPSA) is 75.2 Å². The summed E-state index contributed by atoms with van der Waals surface area (Å²) in [5.41, 5.74) is 0.110. The second-order valence-corrected chi connectivity index (χ2v) is 4.74. The zero-order valence-corrected chi connectivity index (χ0v) is 11.2. The average Bonchev–Trinajstić information content (AvgIpc) is 2.45. The van der Waals surface area contributed by atoms with E-state index < -0.39 is 5.91 Å². The molecule has 0 saturated carbocycles. The van der Waals surface area contributed by atoms with E-state index in [0.29, 0.717) is 0 Å². The molecule has 1 fully saturated rings. The maximum absolute atomic E-state index is 11.8. The molecule has 1 aliphatic rings. The van der Waals surface area contributed by atoms with Crippen molar-refractivity contribution < 1.29 is 9.59 Å². The highest BCUT2D eigenvalue weighted by Gasteiger charge is 2.17.